The Kier molecular flexibility index (Phi) is 5.85. The third kappa shape index (κ3) is 4.72. The summed E-state index contributed by atoms with van der Waals surface area (Å²) in [5, 5.41) is 13.5. The van der Waals surface area contributed by atoms with E-state index in [-0.39, 0.29) is 11.4 Å². The van der Waals surface area contributed by atoms with Gasteiger partial charge in [0.15, 0.2) is 12.4 Å². The molecule has 0 aromatic heterocycles. The lowest BCUT2D eigenvalue weighted by Crippen LogP contribution is -2.30. The predicted molar refractivity (Wildman–Crippen MR) is 99.7 cm³/mol. The molecule has 0 unspecified atom stereocenters. The van der Waals surface area contributed by atoms with Crippen LogP contribution in [-0.2, 0) is 4.79 Å². The molecule has 1 saturated heterocycles. The van der Waals surface area contributed by atoms with Gasteiger partial charge in [0.2, 0.25) is 0 Å². The number of para-hydroxylation sites is 2. The Morgan fingerprint density at radius 2 is 1.93 bits per heavy atom. The highest BCUT2D eigenvalue weighted by Crippen LogP contribution is 2.27. The second-order valence-electron chi connectivity index (χ2n) is 6.28. The SMILES string of the molecule is O=C(COc1ccccc1[N+](=O)[O-])Nc1ccc(N2CCCCC2)c(F)c1. The van der Waals surface area contributed by atoms with Crippen LogP contribution in [0, 0.1) is 15.9 Å². The molecule has 142 valence electrons. The highest BCUT2D eigenvalue weighted by Gasteiger charge is 2.17. The average Bonchev–Trinajstić information content (AvgIpc) is 2.67. The van der Waals surface area contributed by atoms with Gasteiger partial charge in [-0.15, -0.1) is 0 Å². The number of ether oxygens (including phenoxy) is 1. The van der Waals surface area contributed by atoms with Crippen molar-refractivity contribution in [3.05, 3.63) is 58.4 Å². The summed E-state index contributed by atoms with van der Waals surface area (Å²) in [4.78, 5) is 24.4. The fourth-order valence-corrected chi connectivity index (χ4v) is 3.05. The normalized spacial score (nSPS) is 13.9. The Balaban J connectivity index is 1.59. The summed E-state index contributed by atoms with van der Waals surface area (Å²) in [6.07, 6.45) is 3.24. The van der Waals surface area contributed by atoms with Crippen molar-refractivity contribution >= 4 is 23.0 Å². The van der Waals surface area contributed by atoms with Gasteiger partial charge in [0.1, 0.15) is 5.82 Å². The van der Waals surface area contributed by atoms with Crippen LogP contribution in [0.15, 0.2) is 42.5 Å². The first-order chi connectivity index (χ1) is 13.0. The van der Waals surface area contributed by atoms with Crippen LogP contribution in [0.2, 0.25) is 0 Å². The lowest BCUT2D eigenvalue weighted by atomic mass is 10.1. The molecule has 2 aromatic rings. The van der Waals surface area contributed by atoms with E-state index in [2.05, 4.69) is 5.32 Å². The van der Waals surface area contributed by atoms with Crippen molar-refractivity contribution in [2.75, 3.05) is 29.9 Å². The molecule has 1 aliphatic heterocycles. The van der Waals surface area contributed by atoms with Crippen LogP contribution in [0.5, 0.6) is 5.75 Å². The summed E-state index contributed by atoms with van der Waals surface area (Å²) in [5.41, 5.74) is 0.621. The number of halogens is 1. The van der Waals surface area contributed by atoms with Crippen molar-refractivity contribution in [3.63, 3.8) is 0 Å². The van der Waals surface area contributed by atoms with Gasteiger partial charge in [-0.05, 0) is 43.5 Å². The molecule has 8 heteroatoms. The maximum Gasteiger partial charge on any atom is 0.310 e. The van der Waals surface area contributed by atoms with E-state index < -0.39 is 23.3 Å². The summed E-state index contributed by atoms with van der Waals surface area (Å²) < 4.78 is 19.6. The van der Waals surface area contributed by atoms with Gasteiger partial charge in [-0.25, -0.2) is 4.39 Å². The Bertz CT molecular complexity index is 837. The summed E-state index contributed by atoms with van der Waals surface area (Å²) in [5.74, 6) is -0.920. The molecule has 1 fully saturated rings. The van der Waals surface area contributed by atoms with Gasteiger partial charge in [0.25, 0.3) is 5.91 Å². The first-order valence-corrected chi connectivity index (χ1v) is 8.75. The largest absolute Gasteiger partial charge is 0.477 e. The standard InChI is InChI=1S/C19H20FN3O4/c20-15-12-14(8-9-16(15)22-10-4-1-5-11-22)21-19(24)13-27-18-7-3-2-6-17(18)23(25)26/h2-3,6-9,12H,1,4-5,10-11,13H2,(H,21,24). The molecular formula is C19H20FN3O4. The Morgan fingerprint density at radius 3 is 2.63 bits per heavy atom. The van der Waals surface area contributed by atoms with E-state index in [0.29, 0.717) is 11.4 Å². The highest BCUT2D eigenvalue weighted by molar-refractivity contribution is 5.92. The Labute approximate surface area is 155 Å². The van der Waals surface area contributed by atoms with Gasteiger partial charge in [-0.2, -0.15) is 0 Å². The molecule has 1 N–H and O–H groups in total. The second kappa shape index (κ2) is 8.48. The van der Waals surface area contributed by atoms with Gasteiger partial charge in [0, 0.05) is 24.8 Å². The number of nitrogens with one attached hydrogen (secondary N) is 1. The lowest BCUT2D eigenvalue weighted by molar-refractivity contribution is -0.385. The first-order valence-electron chi connectivity index (χ1n) is 8.75. The molecule has 0 bridgehead atoms. The van der Waals surface area contributed by atoms with Crippen molar-refractivity contribution in [1.82, 2.24) is 0 Å². The van der Waals surface area contributed by atoms with Crippen molar-refractivity contribution in [2.45, 2.75) is 19.3 Å². The number of hydrogen-bond acceptors (Lipinski definition) is 5. The molecule has 0 saturated carbocycles. The first kappa shape index (κ1) is 18.6. The molecule has 0 spiro atoms. The van der Waals surface area contributed by atoms with E-state index in [1.54, 1.807) is 18.2 Å². The number of nitro groups is 1. The number of carbonyl (C=O) groups excluding carboxylic acids is 1. The average molecular weight is 373 g/mol. The van der Waals surface area contributed by atoms with Crippen LogP contribution in [0.4, 0.5) is 21.5 Å². The Morgan fingerprint density at radius 1 is 1.19 bits per heavy atom. The molecule has 1 aliphatic rings. The van der Waals surface area contributed by atoms with Gasteiger partial charge >= 0.3 is 5.69 Å². The van der Waals surface area contributed by atoms with Crippen LogP contribution in [-0.4, -0.2) is 30.5 Å². The third-order valence-corrected chi connectivity index (χ3v) is 4.35. The van der Waals surface area contributed by atoms with Gasteiger partial charge in [-0.3, -0.25) is 14.9 Å². The van der Waals surface area contributed by atoms with Crippen LogP contribution < -0.4 is 15.0 Å². The zero-order chi connectivity index (χ0) is 19.2. The topological polar surface area (TPSA) is 84.7 Å². The van der Waals surface area contributed by atoms with Crippen molar-refractivity contribution in [1.29, 1.82) is 0 Å². The van der Waals surface area contributed by atoms with Crippen LogP contribution >= 0.6 is 0 Å². The minimum atomic E-state index is -0.581. The predicted octanol–water partition coefficient (Wildman–Crippen LogP) is 3.74. The zero-order valence-electron chi connectivity index (χ0n) is 14.7. The number of benzene rings is 2. The molecule has 27 heavy (non-hydrogen) atoms. The number of carbonyl (C=O) groups is 1. The Hall–Kier alpha value is -3.16. The van der Waals surface area contributed by atoms with E-state index >= 15 is 0 Å². The number of amides is 1. The number of rotatable bonds is 6. The summed E-state index contributed by atoms with van der Waals surface area (Å²) in [7, 11) is 0. The second-order valence-corrected chi connectivity index (χ2v) is 6.28. The third-order valence-electron chi connectivity index (χ3n) is 4.35. The minimum Gasteiger partial charge on any atom is -0.477 e. The van der Waals surface area contributed by atoms with Crippen LogP contribution in [0.25, 0.3) is 0 Å². The monoisotopic (exact) mass is 373 g/mol. The van der Waals surface area contributed by atoms with Crippen molar-refractivity contribution < 1.29 is 18.8 Å². The van der Waals surface area contributed by atoms with Gasteiger partial charge < -0.3 is 15.0 Å². The highest BCUT2D eigenvalue weighted by atomic mass is 19.1. The molecule has 1 amide bonds. The molecule has 0 radical (unpaired) electrons. The molecular weight excluding hydrogens is 353 g/mol. The van der Waals surface area contributed by atoms with E-state index in [4.69, 9.17) is 4.74 Å². The quantitative estimate of drug-likeness (QED) is 0.616. The van der Waals surface area contributed by atoms with E-state index in [1.807, 2.05) is 4.90 Å². The molecule has 0 atom stereocenters. The fraction of sp³-hybridized carbons (Fsp3) is 0.316. The van der Waals surface area contributed by atoms with E-state index in [1.165, 1.54) is 24.3 Å². The number of piperidine rings is 1. The molecule has 3 rings (SSSR count). The smallest absolute Gasteiger partial charge is 0.310 e. The summed E-state index contributed by atoms with van der Waals surface area (Å²) in [6, 6.07) is 10.4. The maximum atomic E-state index is 14.4. The fourth-order valence-electron chi connectivity index (χ4n) is 3.05. The van der Waals surface area contributed by atoms with E-state index in [9.17, 15) is 19.3 Å². The maximum absolute atomic E-state index is 14.4. The summed E-state index contributed by atoms with van der Waals surface area (Å²) in [6.45, 7) is 1.24. The van der Waals surface area contributed by atoms with Crippen molar-refractivity contribution in [3.8, 4) is 5.75 Å². The molecule has 2 aromatic carbocycles. The van der Waals surface area contributed by atoms with Gasteiger partial charge in [0.05, 0.1) is 10.6 Å². The molecule has 1 heterocycles. The summed E-state index contributed by atoms with van der Waals surface area (Å²) >= 11 is 0. The minimum absolute atomic E-state index is 0.00396. The van der Waals surface area contributed by atoms with E-state index in [0.717, 1.165) is 32.4 Å². The lowest BCUT2D eigenvalue weighted by Gasteiger charge is -2.29. The van der Waals surface area contributed by atoms with Gasteiger partial charge in [-0.1, -0.05) is 12.1 Å². The van der Waals surface area contributed by atoms with Crippen LogP contribution in [0.3, 0.4) is 0 Å². The molecule has 7 nitrogen and oxygen atoms in total. The number of anilines is 2. The zero-order valence-corrected chi connectivity index (χ0v) is 14.7. The van der Waals surface area contributed by atoms with Crippen molar-refractivity contribution in [2.24, 2.45) is 0 Å². The number of nitro benzene ring substituents is 1. The number of nitrogens with zero attached hydrogens (tertiary/aromatic N) is 2. The van der Waals surface area contributed by atoms with Crippen LogP contribution in [0.1, 0.15) is 19.3 Å². The molecule has 0 aliphatic carbocycles. The number of hydrogen-bond donors (Lipinski definition) is 1.